The zero-order chi connectivity index (χ0) is 9.68. The van der Waals surface area contributed by atoms with Gasteiger partial charge in [0.05, 0.1) is 0 Å². The molecule has 0 fully saturated rings. The van der Waals surface area contributed by atoms with Crippen LogP contribution in [0.4, 0.5) is 0 Å². The van der Waals surface area contributed by atoms with Crippen LogP contribution in [0.5, 0.6) is 0 Å². The molecule has 0 spiro atoms. The topological polar surface area (TPSA) is 26.3 Å². The summed E-state index contributed by atoms with van der Waals surface area (Å²) in [7, 11) is 0. The van der Waals surface area contributed by atoms with Gasteiger partial charge in [-0.1, -0.05) is 46.3 Å². The van der Waals surface area contributed by atoms with E-state index in [1.807, 2.05) is 30.3 Å². The fourth-order valence-electron chi connectivity index (χ4n) is 0.844. The molecule has 0 amide bonds. The third kappa shape index (κ3) is 3.59. The van der Waals surface area contributed by atoms with E-state index in [0.29, 0.717) is 6.61 Å². The maximum atomic E-state index is 11.0. The van der Waals surface area contributed by atoms with Crippen LogP contribution in [0, 0.1) is 0 Å². The van der Waals surface area contributed by atoms with Crippen molar-refractivity contribution in [3.05, 3.63) is 35.9 Å². The van der Waals surface area contributed by atoms with E-state index in [4.69, 9.17) is 4.74 Å². The first-order chi connectivity index (χ1) is 6.20. The molecule has 0 bridgehead atoms. The second-order valence-electron chi connectivity index (χ2n) is 2.71. The summed E-state index contributed by atoms with van der Waals surface area (Å²) in [6, 6.07) is 9.61. The Kier molecular flexibility index (Phi) is 3.96. The van der Waals surface area contributed by atoms with Gasteiger partial charge in [-0.2, -0.15) is 0 Å². The van der Waals surface area contributed by atoms with Crippen molar-refractivity contribution in [3.63, 3.8) is 0 Å². The lowest BCUT2D eigenvalue weighted by Gasteiger charge is -2.05. The zero-order valence-corrected chi connectivity index (χ0v) is 8.95. The van der Waals surface area contributed by atoms with E-state index in [1.165, 1.54) is 0 Å². The first-order valence-electron chi connectivity index (χ1n) is 4.05. The van der Waals surface area contributed by atoms with Crippen LogP contribution < -0.4 is 0 Å². The molecule has 0 aliphatic rings. The molecule has 0 aliphatic carbocycles. The Morgan fingerprint density at radius 1 is 1.46 bits per heavy atom. The minimum absolute atomic E-state index is 0.233. The van der Waals surface area contributed by atoms with Gasteiger partial charge in [0.15, 0.2) is 0 Å². The molecule has 0 N–H and O–H groups in total. The Balaban J connectivity index is 2.40. The van der Waals surface area contributed by atoms with Crippen molar-refractivity contribution < 1.29 is 9.53 Å². The lowest BCUT2D eigenvalue weighted by atomic mass is 10.2. The van der Waals surface area contributed by atoms with Crippen molar-refractivity contribution in [1.29, 1.82) is 0 Å². The molecule has 0 radical (unpaired) electrons. The van der Waals surface area contributed by atoms with Crippen LogP contribution in [0.25, 0.3) is 0 Å². The Labute approximate surface area is 86.0 Å². The van der Waals surface area contributed by atoms with Gasteiger partial charge in [-0.3, -0.25) is 4.79 Å². The molecule has 2 nitrogen and oxygen atoms in total. The number of alkyl halides is 1. The van der Waals surface area contributed by atoms with Crippen LogP contribution in [-0.4, -0.2) is 10.8 Å². The zero-order valence-electron chi connectivity index (χ0n) is 7.37. The van der Waals surface area contributed by atoms with Gasteiger partial charge in [0.25, 0.3) is 0 Å². The number of rotatable bonds is 3. The molecule has 0 aromatic heterocycles. The number of carbonyl (C=O) groups excluding carboxylic acids is 1. The second-order valence-corrected chi connectivity index (χ2v) is 4.08. The third-order valence-electron chi connectivity index (χ3n) is 1.55. The molecule has 0 heterocycles. The van der Waals surface area contributed by atoms with Crippen molar-refractivity contribution >= 4 is 21.9 Å². The van der Waals surface area contributed by atoms with Crippen molar-refractivity contribution in [1.82, 2.24) is 0 Å². The summed E-state index contributed by atoms with van der Waals surface area (Å²) in [6.45, 7) is 2.09. The van der Waals surface area contributed by atoms with Crippen LogP contribution >= 0.6 is 15.9 Å². The standard InChI is InChI=1S/C10H11BrO2/c1-8(11)10(12)13-7-9-5-3-2-4-6-9/h2-6,8H,7H2,1H3/t8-/m0/s1. The molecule has 13 heavy (non-hydrogen) atoms. The fourth-order valence-corrected chi connectivity index (χ4v) is 0.976. The molecule has 0 aliphatic heterocycles. The SMILES string of the molecule is C[C@H](Br)C(=O)OCc1ccccc1. The number of esters is 1. The summed E-state index contributed by atoms with van der Waals surface area (Å²) >= 11 is 3.14. The normalized spacial score (nSPS) is 12.2. The highest BCUT2D eigenvalue weighted by Crippen LogP contribution is 2.05. The van der Waals surface area contributed by atoms with E-state index in [1.54, 1.807) is 6.92 Å². The van der Waals surface area contributed by atoms with Gasteiger partial charge >= 0.3 is 5.97 Å². The molecule has 1 aromatic carbocycles. The predicted molar refractivity (Wildman–Crippen MR) is 54.6 cm³/mol. The van der Waals surface area contributed by atoms with Gasteiger partial charge in [0.2, 0.25) is 0 Å². The monoisotopic (exact) mass is 242 g/mol. The molecule has 0 saturated carbocycles. The van der Waals surface area contributed by atoms with Crippen LogP contribution in [0.2, 0.25) is 0 Å². The summed E-state index contributed by atoms with van der Waals surface area (Å²) in [5.41, 5.74) is 1.00. The maximum absolute atomic E-state index is 11.0. The average molecular weight is 243 g/mol. The summed E-state index contributed by atoms with van der Waals surface area (Å²) < 4.78 is 5.00. The lowest BCUT2D eigenvalue weighted by molar-refractivity contribution is -0.143. The highest BCUT2D eigenvalue weighted by molar-refractivity contribution is 9.10. The van der Waals surface area contributed by atoms with Gasteiger partial charge in [-0.25, -0.2) is 0 Å². The molecule has 70 valence electrons. The summed E-state index contributed by atoms with van der Waals surface area (Å²) in [5.74, 6) is -0.233. The minimum Gasteiger partial charge on any atom is -0.460 e. The lowest BCUT2D eigenvalue weighted by Crippen LogP contribution is -2.13. The molecule has 0 unspecified atom stereocenters. The number of benzene rings is 1. The number of carbonyl (C=O) groups is 1. The van der Waals surface area contributed by atoms with Gasteiger partial charge in [-0.05, 0) is 12.5 Å². The first-order valence-corrected chi connectivity index (χ1v) is 4.96. The number of halogens is 1. The molecule has 1 aromatic rings. The number of hydrogen-bond donors (Lipinski definition) is 0. The van der Waals surface area contributed by atoms with Gasteiger partial charge in [0.1, 0.15) is 11.4 Å². The quantitative estimate of drug-likeness (QED) is 0.602. The fraction of sp³-hybridized carbons (Fsp3) is 0.300. The summed E-state index contributed by atoms with van der Waals surface area (Å²) in [6.07, 6.45) is 0. The molecule has 1 atom stereocenters. The van der Waals surface area contributed by atoms with Crippen LogP contribution in [0.15, 0.2) is 30.3 Å². The Hall–Kier alpha value is -0.830. The highest BCUT2D eigenvalue weighted by Gasteiger charge is 2.09. The average Bonchev–Trinajstić information content (AvgIpc) is 2.15. The van der Waals surface area contributed by atoms with Crippen molar-refractivity contribution in [2.24, 2.45) is 0 Å². The Bertz CT molecular complexity index is 270. The predicted octanol–water partition coefficient (Wildman–Crippen LogP) is 2.51. The van der Waals surface area contributed by atoms with Crippen molar-refractivity contribution in [2.45, 2.75) is 18.4 Å². The van der Waals surface area contributed by atoms with E-state index >= 15 is 0 Å². The molecular weight excluding hydrogens is 232 g/mol. The second kappa shape index (κ2) is 5.02. The van der Waals surface area contributed by atoms with Gasteiger partial charge in [0, 0.05) is 0 Å². The maximum Gasteiger partial charge on any atom is 0.319 e. The number of ether oxygens (including phenoxy) is 1. The minimum atomic E-state index is -0.240. The van der Waals surface area contributed by atoms with Crippen molar-refractivity contribution in [2.75, 3.05) is 0 Å². The number of hydrogen-bond acceptors (Lipinski definition) is 2. The smallest absolute Gasteiger partial charge is 0.319 e. The molecule has 1 rings (SSSR count). The summed E-state index contributed by atoms with van der Waals surface area (Å²) in [5, 5.41) is 0. The molecule has 3 heteroatoms. The van der Waals surface area contributed by atoms with Gasteiger partial charge in [-0.15, -0.1) is 0 Å². The van der Waals surface area contributed by atoms with E-state index in [0.717, 1.165) is 5.56 Å². The Morgan fingerprint density at radius 2 is 2.08 bits per heavy atom. The highest BCUT2D eigenvalue weighted by atomic mass is 79.9. The van der Waals surface area contributed by atoms with E-state index < -0.39 is 0 Å². The van der Waals surface area contributed by atoms with E-state index in [2.05, 4.69) is 15.9 Å². The summed E-state index contributed by atoms with van der Waals surface area (Å²) in [4.78, 5) is 10.8. The van der Waals surface area contributed by atoms with Crippen LogP contribution in [0.1, 0.15) is 12.5 Å². The van der Waals surface area contributed by atoms with E-state index in [9.17, 15) is 4.79 Å². The largest absolute Gasteiger partial charge is 0.460 e. The van der Waals surface area contributed by atoms with Crippen molar-refractivity contribution in [3.8, 4) is 0 Å². The molecular formula is C10H11BrO2. The molecule has 0 saturated heterocycles. The Morgan fingerprint density at radius 3 is 2.62 bits per heavy atom. The third-order valence-corrected chi connectivity index (χ3v) is 1.92. The van der Waals surface area contributed by atoms with Crippen LogP contribution in [0.3, 0.4) is 0 Å². The van der Waals surface area contributed by atoms with Crippen LogP contribution in [-0.2, 0) is 16.1 Å². The van der Waals surface area contributed by atoms with E-state index in [-0.39, 0.29) is 10.8 Å². The van der Waals surface area contributed by atoms with Gasteiger partial charge < -0.3 is 4.74 Å². The first kappa shape index (κ1) is 10.3.